The van der Waals surface area contributed by atoms with E-state index in [4.69, 9.17) is 28.4 Å². The minimum Gasteiger partial charge on any atom is -0.458 e. The Morgan fingerprint density at radius 2 is 1.88 bits per heavy atom. The van der Waals surface area contributed by atoms with Gasteiger partial charge in [-0.15, -0.1) is 0 Å². The van der Waals surface area contributed by atoms with Crippen molar-refractivity contribution >= 4 is 11.9 Å². The van der Waals surface area contributed by atoms with Crippen LogP contribution in [-0.4, -0.2) is 90.0 Å². The number of epoxide rings is 1. The van der Waals surface area contributed by atoms with E-state index < -0.39 is 47.9 Å². The Morgan fingerprint density at radius 3 is 2.57 bits per heavy atom. The van der Waals surface area contributed by atoms with Gasteiger partial charge in [-0.25, -0.2) is 4.79 Å². The molecule has 234 valence electrons. The summed E-state index contributed by atoms with van der Waals surface area (Å²) in [5, 5.41) is 23.3. The molecule has 6 fully saturated rings. The summed E-state index contributed by atoms with van der Waals surface area (Å²) in [4.78, 5) is 23.8. The predicted octanol–water partition coefficient (Wildman–Crippen LogP) is 2.81. The van der Waals surface area contributed by atoms with Gasteiger partial charge in [-0.3, -0.25) is 4.79 Å². The van der Waals surface area contributed by atoms with Crippen LogP contribution in [0.2, 0.25) is 0 Å². The van der Waals surface area contributed by atoms with Gasteiger partial charge in [0.05, 0.1) is 18.3 Å². The molecule has 10 nitrogen and oxygen atoms in total. The molecule has 3 heterocycles. The molecule has 4 saturated carbocycles. The van der Waals surface area contributed by atoms with Gasteiger partial charge < -0.3 is 38.6 Å². The Bertz CT molecular complexity index is 1170. The van der Waals surface area contributed by atoms with E-state index in [0.29, 0.717) is 18.9 Å². The quantitative estimate of drug-likeness (QED) is 0.280. The number of methoxy groups -OCH3 is 1. The van der Waals surface area contributed by atoms with Crippen molar-refractivity contribution in [2.45, 2.75) is 133 Å². The Kier molecular flexibility index (Phi) is 6.75. The number of cyclic esters (lactones) is 1. The number of esters is 2. The highest BCUT2D eigenvalue weighted by Gasteiger charge is 2.84. The minimum atomic E-state index is -0.941. The first kappa shape index (κ1) is 29.2. The lowest BCUT2D eigenvalue weighted by Gasteiger charge is -2.62. The van der Waals surface area contributed by atoms with Crippen molar-refractivity contribution in [3.63, 3.8) is 0 Å². The van der Waals surface area contributed by atoms with E-state index in [1.165, 1.54) is 14.0 Å². The lowest BCUT2D eigenvalue weighted by molar-refractivity contribution is -0.315. The molecule has 1 spiro atoms. The van der Waals surface area contributed by atoms with Crippen LogP contribution in [0.3, 0.4) is 0 Å². The summed E-state index contributed by atoms with van der Waals surface area (Å²) >= 11 is 0. The maximum Gasteiger partial charge on any atom is 0.331 e. The van der Waals surface area contributed by atoms with Crippen LogP contribution in [0, 0.1) is 28.6 Å². The number of fused-ring (bicyclic) bond motifs is 3. The van der Waals surface area contributed by atoms with Gasteiger partial charge >= 0.3 is 11.9 Å². The molecule has 0 radical (unpaired) electrons. The summed E-state index contributed by atoms with van der Waals surface area (Å²) in [6.45, 7) is 8.04. The van der Waals surface area contributed by atoms with Crippen LogP contribution in [-0.2, 0) is 38.0 Å². The van der Waals surface area contributed by atoms with Gasteiger partial charge in [0.2, 0.25) is 0 Å². The van der Waals surface area contributed by atoms with Crippen molar-refractivity contribution in [2.24, 2.45) is 28.6 Å². The van der Waals surface area contributed by atoms with Gasteiger partial charge in [0.1, 0.15) is 30.0 Å². The SMILES string of the molecule is COC1C(OC(C)=O)[C@@H](O[C@H]2CC[C@]3(C)C4CC[C@]5(C)C(C6=CC(=O)OC6)CC[C@]5(O)[C@@]45O[C@@H]5C[C@@H]3C2)OC(C)[C@H]1O. The smallest absolute Gasteiger partial charge is 0.331 e. The molecule has 0 bridgehead atoms. The van der Waals surface area contributed by atoms with Gasteiger partial charge in [0.25, 0.3) is 0 Å². The number of aliphatic hydroxyl groups is 2. The van der Waals surface area contributed by atoms with Crippen molar-refractivity contribution in [3.8, 4) is 0 Å². The van der Waals surface area contributed by atoms with E-state index in [1.807, 2.05) is 0 Å². The average molecular weight is 591 g/mol. The number of carbonyl (C=O) groups is 2. The van der Waals surface area contributed by atoms with Crippen molar-refractivity contribution in [1.29, 1.82) is 0 Å². The Morgan fingerprint density at radius 1 is 1.10 bits per heavy atom. The summed E-state index contributed by atoms with van der Waals surface area (Å²) in [6.07, 6.45) is 4.48. The summed E-state index contributed by atoms with van der Waals surface area (Å²) in [6, 6.07) is 0. The molecule has 2 N–H and O–H groups in total. The topological polar surface area (TPSA) is 133 Å². The van der Waals surface area contributed by atoms with Crippen molar-refractivity contribution in [1.82, 2.24) is 0 Å². The third-order valence-electron chi connectivity index (χ3n) is 13.0. The summed E-state index contributed by atoms with van der Waals surface area (Å²) < 4.78 is 35.6. The molecule has 42 heavy (non-hydrogen) atoms. The molecule has 5 unspecified atom stereocenters. The lowest BCUT2D eigenvalue weighted by atomic mass is 9.43. The highest BCUT2D eigenvalue weighted by molar-refractivity contribution is 5.85. The van der Waals surface area contributed by atoms with Gasteiger partial charge in [-0.2, -0.15) is 0 Å². The number of hydrogen-bond donors (Lipinski definition) is 2. The van der Waals surface area contributed by atoms with Crippen molar-refractivity contribution in [2.75, 3.05) is 13.7 Å². The fraction of sp³-hybridized carbons (Fsp3) is 0.875. The predicted molar refractivity (Wildman–Crippen MR) is 147 cm³/mol. The first-order valence-corrected chi connectivity index (χ1v) is 15.8. The number of rotatable bonds is 5. The average Bonchev–Trinajstić information content (AvgIpc) is 3.38. The van der Waals surface area contributed by atoms with E-state index in [0.717, 1.165) is 50.5 Å². The van der Waals surface area contributed by atoms with Crippen LogP contribution in [0.5, 0.6) is 0 Å². The summed E-state index contributed by atoms with van der Waals surface area (Å²) in [7, 11) is 1.49. The third-order valence-corrected chi connectivity index (χ3v) is 13.0. The molecule has 10 heteroatoms. The maximum atomic E-state index is 12.6. The number of ether oxygens (including phenoxy) is 6. The van der Waals surface area contributed by atoms with E-state index in [2.05, 4.69) is 13.8 Å². The Labute approximate surface area is 247 Å². The second-order valence-corrected chi connectivity index (χ2v) is 14.6. The zero-order valence-electron chi connectivity index (χ0n) is 25.4. The first-order chi connectivity index (χ1) is 19.9. The zero-order valence-corrected chi connectivity index (χ0v) is 25.4. The summed E-state index contributed by atoms with van der Waals surface area (Å²) in [5.74, 6) is -0.0281. The van der Waals surface area contributed by atoms with Gasteiger partial charge in [-0.1, -0.05) is 13.8 Å². The van der Waals surface area contributed by atoms with E-state index in [-0.39, 0.29) is 40.8 Å². The molecular weight excluding hydrogens is 544 g/mol. The van der Waals surface area contributed by atoms with E-state index in [1.54, 1.807) is 13.0 Å². The largest absolute Gasteiger partial charge is 0.458 e. The molecule has 4 aliphatic carbocycles. The molecule has 0 amide bonds. The maximum absolute atomic E-state index is 12.6. The van der Waals surface area contributed by atoms with Crippen LogP contribution in [0.15, 0.2) is 11.6 Å². The number of carbonyl (C=O) groups excluding carboxylic acids is 2. The van der Waals surface area contributed by atoms with E-state index in [9.17, 15) is 19.8 Å². The highest BCUT2D eigenvalue weighted by Crippen LogP contribution is 2.77. The fourth-order valence-electron chi connectivity index (χ4n) is 10.8. The Balaban J connectivity index is 1.09. The van der Waals surface area contributed by atoms with Gasteiger partial charge in [-0.05, 0) is 87.0 Å². The zero-order chi connectivity index (χ0) is 29.8. The molecule has 3 aliphatic heterocycles. The van der Waals surface area contributed by atoms with Crippen molar-refractivity contribution in [3.05, 3.63) is 11.6 Å². The second-order valence-electron chi connectivity index (χ2n) is 14.6. The monoisotopic (exact) mass is 590 g/mol. The van der Waals surface area contributed by atoms with Gasteiger partial charge in [0.15, 0.2) is 12.4 Å². The van der Waals surface area contributed by atoms with Crippen LogP contribution in [0.4, 0.5) is 0 Å². The summed E-state index contributed by atoms with van der Waals surface area (Å²) in [5.41, 5.74) is -0.815. The Hall–Kier alpha value is -1.56. The molecule has 14 atom stereocenters. The minimum absolute atomic E-state index is 0.00499. The normalized spacial score (nSPS) is 54.5. The van der Waals surface area contributed by atoms with Crippen LogP contribution < -0.4 is 0 Å². The first-order valence-electron chi connectivity index (χ1n) is 15.8. The molecular formula is C32H46O10. The van der Waals surface area contributed by atoms with Crippen LogP contribution in [0.25, 0.3) is 0 Å². The highest BCUT2D eigenvalue weighted by atomic mass is 16.7. The molecule has 0 aromatic heterocycles. The van der Waals surface area contributed by atoms with Crippen LogP contribution >= 0.6 is 0 Å². The molecule has 2 saturated heterocycles. The fourth-order valence-corrected chi connectivity index (χ4v) is 10.8. The van der Waals surface area contributed by atoms with Crippen molar-refractivity contribution < 1.29 is 48.2 Å². The third kappa shape index (κ3) is 3.84. The molecule has 7 rings (SSSR count). The lowest BCUT2D eigenvalue weighted by Crippen LogP contribution is -2.68. The molecule has 0 aromatic rings. The standard InChI is InChI=1S/C32H46O10/c1-16-25(35)26(37-5)27(40-17(2)33)28(39-16)41-20-6-9-29(3)19(13-20)14-23-32(42-23)22(29)8-10-30(4)21(7-11-31(30,32)36)18-12-24(34)38-15-18/h12,16,19-23,25-28,35-36H,6-11,13-15H2,1-5H3/t16?,19-,20-,21?,22?,23+,25+,26?,27?,28+,29-,30+,31+,32+/m0/s1. The number of aliphatic hydroxyl groups excluding tert-OH is 1. The molecule has 7 aliphatic rings. The number of hydrogen-bond acceptors (Lipinski definition) is 10. The van der Waals surface area contributed by atoms with Crippen LogP contribution in [0.1, 0.15) is 79.1 Å². The van der Waals surface area contributed by atoms with E-state index >= 15 is 0 Å². The second kappa shape index (κ2) is 9.72. The molecule has 0 aromatic carbocycles. The van der Waals surface area contributed by atoms with Gasteiger partial charge in [0, 0.05) is 25.5 Å².